The fourth-order valence-corrected chi connectivity index (χ4v) is 7.50. The van der Waals surface area contributed by atoms with Crippen LogP contribution in [0.2, 0.25) is 10.0 Å². The van der Waals surface area contributed by atoms with Crippen LogP contribution in [0.15, 0.2) is 70.2 Å². The number of nitrogens with zero attached hydrogens (tertiary/aromatic N) is 1. The van der Waals surface area contributed by atoms with Crippen molar-refractivity contribution in [1.29, 1.82) is 0 Å². The molecule has 0 radical (unpaired) electrons. The minimum absolute atomic E-state index is 0.00317. The van der Waals surface area contributed by atoms with Crippen molar-refractivity contribution in [2.24, 2.45) is 5.92 Å². The van der Waals surface area contributed by atoms with E-state index in [1.165, 1.54) is 32.0 Å². The van der Waals surface area contributed by atoms with Gasteiger partial charge in [0.25, 0.3) is 5.91 Å². The molecule has 1 aliphatic heterocycles. The molecule has 1 unspecified atom stereocenters. The van der Waals surface area contributed by atoms with Crippen LogP contribution in [0.1, 0.15) is 64.6 Å². The van der Waals surface area contributed by atoms with Crippen LogP contribution in [0, 0.1) is 5.92 Å². The molecule has 5 rings (SSSR count). The van der Waals surface area contributed by atoms with E-state index >= 15 is 0 Å². The van der Waals surface area contributed by atoms with Crippen molar-refractivity contribution in [2.45, 2.75) is 63.9 Å². The summed E-state index contributed by atoms with van der Waals surface area (Å²) in [5, 5.41) is 0.971. The van der Waals surface area contributed by atoms with Gasteiger partial charge in [0.2, 0.25) is 6.29 Å². The molecular weight excluding hydrogens is 765 g/mol. The molecule has 16 heteroatoms. The number of hydrogen-bond acceptors (Lipinski definition) is 12. The Morgan fingerprint density at radius 2 is 1.70 bits per heavy atom. The first-order valence-corrected chi connectivity index (χ1v) is 19.5. The molecule has 0 fully saturated rings. The van der Waals surface area contributed by atoms with Gasteiger partial charge in [0.15, 0.2) is 21.7 Å². The standard InChI is InChI=1S/C38H37Cl2NO12S/c1-5-49-36(44)21(2)51-38(46)53-22(3)52-37(45)26(15-23-7-6-8-28(16-23)54(4,47)48)18-31(42)33-30(39)17-27-20-41(13-11-29(27)34(33)40)35(43)25-10-9-24-12-14-50-32(24)19-25/h6-10,12,14,16-17,19,21-22,26H,5,11,13,15,18,20H2,1-4H3/t21-,22?,26-/m1/s1. The summed E-state index contributed by atoms with van der Waals surface area (Å²) in [6.45, 7) is 4.65. The smallest absolute Gasteiger partial charge is 0.464 e. The Morgan fingerprint density at radius 3 is 2.43 bits per heavy atom. The highest BCUT2D eigenvalue weighted by atomic mass is 35.5. The van der Waals surface area contributed by atoms with E-state index < -0.39 is 58.4 Å². The van der Waals surface area contributed by atoms with E-state index in [9.17, 15) is 32.4 Å². The summed E-state index contributed by atoms with van der Waals surface area (Å²) >= 11 is 13.5. The number of esters is 2. The van der Waals surface area contributed by atoms with Gasteiger partial charge in [0.1, 0.15) is 5.58 Å². The normalized spacial score (nSPS) is 14.4. The van der Waals surface area contributed by atoms with E-state index in [0.29, 0.717) is 40.8 Å². The third-order valence-electron chi connectivity index (χ3n) is 8.68. The zero-order chi connectivity index (χ0) is 39.3. The monoisotopic (exact) mass is 801 g/mol. The van der Waals surface area contributed by atoms with E-state index in [2.05, 4.69) is 0 Å². The van der Waals surface area contributed by atoms with Crippen molar-refractivity contribution >= 4 is 73.8 Å². The summed E-state index contributed by atoms with van der Waals surface area (Å²) in [5.74, 6) is -3.81. The molecule has 0 aliphatic carbocycles. The maximum Gasteiger partial charge on any atom is 0.512 e. The molecule has 1 amide bonds. The van der Waals surface area contributed by atoms with Crippen molar-refractivity contribution in [3.05, 3.63) is 98.7 Å². The Labute approximate surface area is 321 Å². The fraction of sp³-hybridized carbons (Fsp3) is 0.342. The lowest BCUT2D eigenvalue weighted by molar-refractivity contribution is -0.176. The van der Waals surface area contributed by atoms with Gasteiger partial charge in [-0.05, 0) is 79.8 Å². The number of benzene rings is 3. The third-order valence-corrected chi connectivity index (χ3v) is 10.5. The topological polar surface area (TPSA) is 173 Å². The van der Waals surface area contributed by atoms with Crippen molar-refractivity contribution in [3.63, 3.8) is 0 Å². The average Bonchev–Trinajstić information content (AvgIpc) is 3.58. The van der Waals surface area contributed by atoms with Crippen molar-refractivity contribution in [3.8, 4) is 0 Å². The molecule has 0 bridgehead atoms. The number of rotatable bonds is 13. The number of amides is 1. The first kappa shape index (κ1) is 40.3. The molecule has 0 spiro atoms. The molecule has 13 nitrogen and oxygen atoms in total. The number of carbonyl (C=O) groups excluding carboxylic acids is 5. The van der Waals surface area contributed by atoms with Gasteiger partial charge < -0.3 is 28.3 Å². The molecule has 0 saturated heterocycles. The van der Waals surface area contributed by atoms with Gasteiger partial charge >= 0.3 is 18.1 Å². The number of Topliss-reactive ketones (excluding diaryl/α,β-unsaturated/α-hetero) is 1. The van der Waals surface area contributed by atoms with Crippen molar-refractivity contribution in [1.82, 2.24) is 4.90 Å². The highest BCUT2D eigenvalue weighted by molar-refractivity contribution is 7.90. The summed E-state index contributed by atoms with van der Waals surface area (Å²) in [4.78, 5) is 66.6. The van der Waals surface area contributed by atoms with E-state index in [0.717, 1.165) is 11.6 Å². The summed E-state index contributed by atoms with van der Waals surface area (Å²) < 4.78 is 49.9. The first-order valence-electron chi connectivity index (χ1n) is 16.9. The highest BCUT2D eigenvalue weighted by Gasteiger charge is 2.32. The van der Waals surface area contributed by atoms with Crippen molar-refractivity contribution in [2.75, 3.05) is 19.4 Å². The second kappa shape index (κ2) is 17.0. The first-order chi connectivity index (χ1) is 25.5. The van der Waals surface area contributed by atoms with Gasteiger partial charge in [-0.3, -0.25) is 14.4 Å². The molecule has 1 aromatic heterocycles. The number of ketones is 1. The van der Waals surface area contributed by atoms with Crippen LogP contribution in [0.4, 0.5) is 4.79 Å². The minimum atomic E-state index is -3.60. The largest absolute Gasteiger partial charge is 0.512 e. The van der Waals surface area contributed by atoms with E-state index in [4.69, 9.17) is 46.6 Å². The molecule has 1 aliphatic rings. The number of fused-ring (bicyclic) bond motifs is 2. The van der Waals surface area contributed by atoms with Crippen LogP contribution in [0.3, 0.4) is 0 Å². The Hall–Kier alpha value is -4.92. The third kappa shape index (κ3) is 9.59. The number of halogens is 2. The Kier molecular flexibility index (Phi) is 12.7. The molecule has 286 valence electrons. The second-order valence-electron chi connectivity index (χ2n) is 12.7. The molecule has 0 N–H and O–H groups in total. The lowest BCUT2D eigenvalue weighted by Crippen LogP contribution is -2.36. The average molecular weight is 803 g/mol. The lowest BCUT2D eigenvalue weighted by Gasteiger charge is -2.30. The van der Waals surface area contributed by atoms with Gasteiger partial charge in [0.05, 0.1) is 39.3 Å². The maximum absolute atomic E-state index is 14.0. The van der Waals surface area contributed by atoms with Gasteiger partial charge in [0, 0.05) is 43.6 Å². The molecule has 54 heavy (non-hydrogen) atoms. The number of carbonyl (C=O) groups is 5. The molecule has 4 aromatic rings. The quantitative estimate of drug-likeness (QED) is 0.0602. The van der Waals surface area contributed by atoms with E-state index in [1.807, 2.05) is 0 Å². The fourth-order valence-electron chi connectivity index (χ4n) is 6.00. The molecule has 3 atom stereocenters. The lowest BCUT2D eigenvalue weighted by atomic mass is 9.89. The SMILES string of the molecule is CCOC(=O)[C@@H](C)OC(=O)OC(C)OC(=O)[C@@H](CC(=O)c1c(Cl)cc2c(c1Cl)CCN(C(=O)c1ccc3ccoc3c1)C2)Cc1cccc(S(C)(=O)=O)c1. The zero-order valence-electron chi connectivity index (χ0n) is 29.8. The molecular formula is C38H37Cl2NO12S. The van der Waals surface area contributed by atoms with Crippen LogP contribution in [-0.4, -0.2) is 74.9 Å². The van der Waals surface area contributed by atoms with Crippen LogP contribution in [0.25, 0.3) is 11.0 Å². The van der Waals surface area contributed by atoms with E-state index in [1.54, 1.807) is 54.5 Å². The Morgan fingerprint density at radius 1 is 0.944 bits per heavy atom. The number of ether oxygens (including phenoxy) is 4. The molecule has 3 aromatic carbocycles. The number of furan rings is 1. The van der Waals surface area contributed by atoms with Crippen LogP contribution in [0.5, 0.6) is 0 Å². The Bertz CT molecular complexity index is 2220. The Balaban J connectivity index is 1.34. The number of sulfone groups is 1. The van der Waals surface area contributed by atoms with Gasteiger partial charge in [-0.1, -0.05) is 41.4 Å². The highest BCUT2D eigenvalue weighted by Crippen LogP contribution is 2.37. The summed E-state index contributed by atoms with van der Waals surface area (Å²) in [6, 6.07) is 14.5. The zero-order valence-corrected chi connectivity index (χ0v) is 32.1. The molecule has 2 heterocycles. The van der Waals surface area contributed by atoms with Crippen LogP contribution < -0.4 is 0 Å². The molecule has 0 saturated carbocycles. The predicted octanol–water partition coefficient (Wildman–Crippen LogP) is 6.77. The summed E-state index contributed by atoms with van der Waals surface area (Å²) in [5.41, 5.74) is 2.71. The van der Waals surface area contributed by atoms with Gasteiger partial charge in [-0.25, -0.2) is 18.0 Å². The minimum Gasteiger partial charge on any atom is -0.464 e. The van der Waals surface area contributed by atoms with Crippen molar-refractivity contribution < 1.29 is 55.8 Å². The van der Waals surface area contributed by atoms with Crippen LogP contribution >= 0.6 is 23.2 Å². The summed E-state index contributed by atoms with van der Waals surface area (Å²) in [7, 11) is -3.60. The second-order valence-corrected chi connectivity index (χ2v) is 15.5. The summed E-state index contributed by atoms with van der Waals surface area (Å²) in [6.07, 6.45) is -1.83. The van der Waals surface area contributed by atoms with Gasteiger partial charge in [-0.15, -0.1) is 0 Å². The number of hydrogen-bond donors (Lipinski definition) is 0. The van der Waals surface area contributed by atoms with Crippen LogP contribution in [-0.2, 0) is 57.8 Å². The maximum atomic E-state index is 14.0. The van der Waals surface area contributed by atoms with E-state index in [-0.39, 0.29) is 46.0 Å². The predicted molar refractivity (Wildman–Crippen MR) is 196 cm³/mol. The van der Waals surface area contributed by atoms with Gasteiger partial charge in [-0.2, -0.15) is 0 Å².